The Balaban J connectivity index is 1.80. The maximum atomic E-state index is 13.9. The summed E-state index contributed by atoms with van der Waals surface area (Å²) in [5, 5.41) is 18.7. The maximum absolute atomic E-state index is 13.9. The minimum absolute atomic E-state index is 0.0114. The van der Waals surface area contributed by atoms with Gasteiger partial charge >= 0.3 is 0 Å². The van der Waals surface area contributed by atoms with Crippen LogP contribution in [0.15, 0.2) is 42.5 Å². The van der Waals surface area contributed by atoms with Crippen LogP contribution in [0, 0.1) is 17.1 Å². The van der Waals surface area contributed by atoms with E-state index in [0.717, 1.165) is 6.07 Å². The Morgan fingerprint density at radius 3 is 2.84 bits per heavy atom. The first kappa shape index (κ1) is 16.1. The highest BCUT2D eigenvalue weighted by Crippen LogP contribution is 2.24. The predicted molar refractivity (Wildman–Crippen MR) is 85.8 cm³/mol. The van der Waals surface area contributed by atoms with Crippen molar-refractivity contribution >= 4 is 5.91 Å². The molecule has 124 valence electrons. The molecule has 0 saturated heterocycles. The van der Waals surface area contributed by atoms with Crippen molar-refractivity contribution in [2.45, 2.75) is 6.61 Å². The Morgan fingerprint density at radius 2 is 2.12 bits per heavy atom. The topological polar surface area (TPSA) is 118 Å². The normalized spacial score (nSPS) is 10.2. The fourth-order valence-corrected chi connectivity index (χ4v) is 2.23. The van der Waals surface area contributed by atoms with Gasteiger partial charge in [-0.15, -0.1) is 0 Å². The van der Waals surface area contributed by atoms with Crippen LogP contribution in [-0.4, -0.2) is 21.3 Å². The predicted octanol–water partition coefficient (Wildman–Crippen LogP) is 2.16. The number of halogens is 1. The number of hydrogen-bond donors (Lipinski definition) is 2. The van der Waals surface area contributed by atoms with Crippen molar-refractivity contribution in [3.63, 3.8) is 0 Å². The minimum atomic E-state index is -0.699. The Kier molecular flexibility index (Phi) is 4.39. The smallest absolute Gasteiger partial charge is 0.271 e. The molecule has 3 N–H and O–H groups in total. The van der Waals surface area contributed by atoms with Gasteiger partial charge in [0.25, 0.3) is 5.91 Å². The van der Waals surface area contributed by atoms with Gasteiger partial charge in [0.05, 0.1) is 11.6 Å². The molecule has 0 bridgehead atoms. The van der Waals surface area contributed by atoms with Crippen molar-refractivity contribution < 1.29 is 13.9 Å². The van der Waals surface area contributed by atoms with E-state index in [9.17, 15) is 9.18 Å². The molecule has 0 fully saturated rings. The number of rotatable bonds is 5. The summed E-state index contributed by atoms with van der Waals surface area (Å²) < 4.78 is 19.5. The van der Waals surface area contributed by atoms with E-state index in [-0.39, 0.29) is 17.9 Å². The highest BCUT2D eigenvalue weighted by Gasteiger charge is 2.15. The third-order valence-corrected chi connectivity index (χ3v) is 3.47. The third-order valence-electron chi connectivity index (χ3n) is 3.47. The van der Waals surface area contributed by atoms with Gasteiger partial charge in [-0.25, -0.2) is 4.39 Å². The van der Waals surface area contributed by atoms with Crippen molar-refractivity contribution in [2.75, 3.05) is 0 Å². The molecular weight excluding hydrogens is 325 g/mol. The van der Waals surface area contributed by atoms with Crippen LogP contribution in [-0.2, 0) is 6.61 Å². The largest absolute Gasteiger partial charge is 0.489 e. The van der Waals surface area contributed by atoms with Gasteiger partial charge in [-0.2, -0.15) is 20.7 Å². The van der Waals surface area contributed by atoms with E-state index in [1.54, 1.807) is 24.3 Å². The van der Waals surface area contributed by atoms with Gasteiger partial charge < -0.3 is 10.5 Å². The number of ether oxygens (including phenoxy) is 1. The number of amides is 1. The number of benzene rings is 2. The molecule has 0 aliphatic rings. The van der Waals surface area contributed by atoms with Crippen molar-refractivity contribution in [1.29, 1.82) is 5.26 Å². The van der Waals surface area contributed by atoms with Gasteiger partial charge in [0.15, 0.2) is 5.69 Å². The van der Waals surface area contributed by atoms with Gasteiger partial charge in [-0.3, -0.25) is 4.79 Å². The van der Waals surface area contributed by atoms with Gasteiger partial charge in [-0.1, -0.05) is 18.2 Å². The van der Waals surface area contributed by atoms with E-state index in [1.165, 1.54) is 12.1 Å². The summed E-state index contributed by atoms with van der Waals surface area (Å²) >= 11 is 0. The van der Waals surface area contributed by atoms with Crippen LogP contribution in [0.2, 0.25) is 0 Å². The molecule has 7 nitrogen and oxygen atoms in total. The summed E-state index contributed by atoms with van der Waals surface area (Å²) in [6.45, 7) is -0.0114. The fourth-order valence-electron chi connectivity index (χ4n) is 2.23. The maximum Gasteiger partial charge on any atom is 0.271 e. The molecule has 0 saturated carbocycles. The van der Waals surface area contributed by atoms with Crippen molar-refractivity contribution in [3.8, 4) is 23.1 Å². The second kappa shape index (κ2) is 6.80. The van der Waals surface area contributed by atoms with Gasteiger partial charge in [0.1, 0.15) is 23.9 Å². The summed E-state index contributed by atoms with van der Waals surface area (Å²) in [4.78, 5) is 11.3. The van der Waals surface area contributed by atoms with Crippen LogP contribution in [0.25, 0.3) is 11.3 Å². The molecule has 1 amide bonds. The average Bonchev–Trinajstić information content (AvgIpc) is 3.11. The zero-order valence-corrected chi connectivity index (χ0v) is 12.9. The summed E-state index contributed by atoms with van der Waals surface area (Å²) in [5.74, 6) is -0.753. The first-order valence-electron chi connectivity index (χ1n) is 7.21. The lowest BCUT2D eigenvalue weighted by Crippen LogP contribution is -2.12. The molecule has 1 heterocycles. The highest BCUT2D eigenvalue weighted by atomic mass is 19.1. The lowest BCUT2D eigenvalue weighted by molar-refractivity contribution is 0.0996. The number of carbonyl (C=O) groups is 1. The number of nitrogens with zero attached hydrogens (tertiary/aromatic N) is 3. The van der Waals surface area contributed by atoms with E-state index in [0.29, 0.717) is 22.6 Å². The van der Waals surface area contributed by atoms with E-state index in [4.69, 9.17) is 15.7 Å². The van der Waals surface area contributed by atoms with Crippen molar-refractivity contribution in [2.24, 2.45) is 5.73 Å². The molecule has 0 unspecified atom stereocenters. The number of aromatic amines is 1. The highest BCUT2D eigenvalue weighted by molar-refractivity contribution is 5.96. The second-order valence-corrected chi connectivity index (χ2v) is 5.12. The van der Waals surface area contributed by atoms with Crippen LogP contribution < -0.4 is 10.5 Å². The van der Waals surface area contributed by atoms with E-state index < -0.39 is 11.7 Å². The number of primary amides is 1. The summed E-state index contributed by atoms with van der Waals surface area (Å²) in [6, 6.07) is 12.8. The molecule has 0 radical (unpaired) electrons. The molecule has 25 heavy (non-hydrogen) atoms. The molecule has 3 aromatic rings. The first-order chi connectivity index (χ1) is 12.1. The molecule has 0 spiro atoms. The number of nitriles is 1. The molecule has 1 aromatic heterocycles. The lowest BCUT2D eigenvalue weighted by atomic mass is 10.1. The second-order valence-electron chi connectivity index (χ2n) is 5.12. The van der Waals surface area contributed by atoms with Gasteiger partial charge in [0.2, 0.25) is 0 Å². The molecule has 2 aromatic carbocycles. The molecular formula is C17H12FN5O2. The minimum Gasteiger partial charge on any atom is -0.489 e. The zero-order chi connectivity index (χ0) is 17.8. The monoisotopic (exact) mass is 337 g/mol. The van der Waals surface area contributed by atoms with Crippen LogP contribution in [0.5, 0.6) is 5.75 Å². The van der Waals surface area contributed by atoms with E-state index >= 15 is 0 Å². The quantitative estimate of drug-likeness (QED) is 0.739. The van der Waals surface area contributed by atoms with Crippen LogP contribution in [0.1, 0.15) is 21.6 Å². The lowest BCUT2D eigenvalue weighted by Gasteiger charge is -2.08. The Bertz CT molecular complexity index is 977. The molecule has 0 atom stereocenters. The summed E-state index contributed by atoms with van der Waals surface area (Å²) in [7, 11) is 0. The number of aromatic nitrogens is 3. The zero-order valence-electron chi connectivity index (χ0n) is 12.9. The van der Waals surface area contributed by atoms with Crippen molar-refractivity contribution in [3.05, 3.63) is 65.1 Å². The van der Waals surface area contributed by atoms with Crippen LogP contribution in [0.3, 0.4) is 0 Å². The molecule has 0 aliphatic carbocycles. The SMILES string of the molecule is N#Cc1ccc(COc2cccc(-c3n[nH]nc3C(N)=O)c2)c(F)c1. The molecule has 0 aliphatic heterocycles. The molecule has 3 rings (SSSR count). The number of hydrogen-bond acceptors (Lipinski definition) is 5. The first-order valence-corrected chi connectivity index (χ1v) is 7.21. The van der Waals surface area contributed by atoms with Gasteiger partial charge in [-0.05, 0) is 24.3 Å². The standard InChI is InChI=1S/C17H12FN5O2/c18-14-6-10(8-19)4-5-12(14)9-25-13-3-1-2-11(7-13)15-16(17(20)24)22-23-21-15/h1-7H,9H2,(H2,20,24)(H,21,22,23). The van der Waals surface area contributed by atoms with Crippen LogP contribution in [0.4, 0.5) is 4.39 Å². The summed E-state index contributed by atoms with van der Waals surface area (Å²) in [6.07, 6.45) is 0. The number of carbonyl (C=O) groups excluding carboxylic acids is 1. The Labute approximate surface area is 141 Å². The van der Waals surface area contributed by atoms with E-state index in [1.807, 2.05) is 6.07 Å². The third kappa shape index (κ3) is 3.45. The van der Waals surface area contributed by atoms with Crippen LogP contribution >= 0.6 is 0 Å². The number of H-pyrrole nitrogens is 1. The van der Waals surface area contributed by atoms with E-state index in [2.05, 4.69) is 15.4 Å². The Hall–Kier alpha value is -3.73. The molecule has 8 heteroatoms. The number of nitrogens with one attached hydrogen (secondary N) is 1. The van der Waals surface area contributed by atoms with Gasteiger partial charge in [0, 0.05) is 11.1 Å². The fraction of sp³-hybridized carbons (Fsp3) is 0.0588. The summed E-state index contributed by atoms with van der Waals surface area (Å²) in [5.41, 5.74) is 6.73. The average molecular weight is 337 g/mol. The van der Waals surface area contributed by atoms with Crippen molar-refractivity contribution in [1.82, 2.24) is 15.4 Å². The number of nitrogens with two attached hydrogens (primary N) is 1. The Morgan fingerprint density at radius 1 is 1.28 bits per heavy atom.